The van der Waals surface area contributed by atoms with Gasteiger partial charge in [0.05, 0.1) is 0 Å². The Bertz CT molecular complexity index is 545. The fourth-order valence-corrected chi connectivity index (χ4v) is 2.59. The van der Waals surface area contributed by atoms with Crippen LogP contribution in [0.2, 0.25) is 5.02 Å². The first-order valence-electron chi connectivity index (χ1n) is 7.15. The predicted octanol–water partition coefficient (Wildman–Crippen LogP) is 4.83. The predicted molar refractivity (Wildman–Crippen MR) is 84.4 cm³/mol. The zero-order valence-corrected chi connectivity index (χ0v) is 13.1. The van der Waals surface area contributed by atoms with Crippen molar-refractivity contribution in [3.8, 4) is 0 Å². The molecule has 20 heavy (non-hydrogen) atoms. The number of hydrogen-bond donors (Lipinski definition) is 1. The van der Waals surface area contributed by atoms with Crippen LogP contribution >= 0.6 is 11.6 Å². The van der Waals surface area contributed by atoms with Gasteiger partial charge in [0.1, 0.15) is 11.5 Å². The molecular weight excluding hydrogens is 270 g/mol. The fraction of sp³-hybridized carbons (Fsp3) is 0.412. The smallest absolute Gasteiger partial charge is 0.105 e. The number of halogens is 1. The largest absolute Gasteiger partial charge is 0.466 e. The number of nitrogens with one attached hydrogen (secondary N) is 1. The number of rotatable bonds is 6. The molecule has 2 aromatic rings. The quantitative estimate of drug-likeness (QED) is 0.824. The van der Waals surface area contributed by atoms with E-state index in [1.165, 1.54) is 11.1 Å². The van der Waals surface area contributed by atoms with Crippen molar-refractivity contribution in [3.05, 3.63) is 58.0 Å². The first-order chi connectivity index (χ1) is 9.60. The Hall–Kier alpha value is -1.25. The molecule has 1 unspecified atom stereocenters. The highest BCUT2D eigenvalue weighted by Crippen LogP contribution is 2.25. The lowest BCUT2D eigenvalue weighted by molar-refractivity contribution is 0.480. The Morgan fingerprint density at radius 1 is 1.20 bits per heavy atom. The second-order valence-electron chi connectivity index (χ2n) is 5.21. The summed E-state index contributed by atoms with van der Waals surface area (Å²) in [5, 5.41) is 4.39. The van der Waals surface area contributed by atoms with Crippen molar-refractivity contribution in [1.29, 1.82) is 0 Å². The lowest BCUT2D eigenvalue weighted by Crippen LogP contribution is -2.24. The highest BCUT2D eigenvalue weighted by molar-refractivity contribution is 6.30. The Morgan fingerprint density at radius 2 is 1.90 bits per heavy atom. The summed E-state index contributed by atoms with van der Waals surface area (Å²) in [5.74, 6) is 1.97. The van der Waals surface area contributed by atoms with Gasteiger partial charge in [0.25, 0.3) is 0 Å². The summed E-state index contributed by atoms with van der Waals surface area (Å²) in [6.45, 7) is 7.21. The highest BCUT2D eigenvalue weighted by Gasteiger charge is 2.17. The molecule has 0 bridgehead atoms. The molecule has 0 spiro atoms. The lowest BCUT2D eigenvalue weighted by atomic mass is 9.99. The van der Waals surface area contributed by atoms with E-state index in [0.717, 1.165) is 35.9 Å². The second kappa shape index (κ2) is 6.96. The molecule has 3 heteroatoms. The minimum Gasteiger partial charge on any atom is -0.466 e. The molecule has 0 saturated heterocycles. The van der Waals surface area contributed by atoms with E-state index in [2.05, 4.69) is 30.4 Å². The van der Waals surface area contributed by atoms with Crippen LogP contribution in [0.3, 0.4) is 0 Å². The molecule has 0 fully saturated rings. The van der Waals surface area contributed by atoms with Gasteiger partial charge in [0, 0.05) is 16.6 Å². The first kappa shape index (κ1) is 15.1. The van der Waals surface area contributed by atoms with Gasteiger partial charge in [-0.15, -0.1) is 0 Å². The van der Waals surface area contributed by atoms with Gasteiger partial charge in [-0.3, -0.25) is 0 Å². The van der Waals surface area contributed by atoms with E-state index >= 15 is 0 Å². The molecule has 1 N–H and O–H groups in total. The second-order valence-corrected chi connectivity index (χ2v) is 5.64. The molecule has 1 aromatic heterocycles. The van der Waals surface area contributed by atoms with Crippen molar-refractivity contribution in [2.45, 2.75) is 39.7 Å². The van der Waals surface area contributed by atoms with Crippen LogP contribution in [0, 0.1) is 13.8 Å². The minimum atomic E-state index is 0.286. The van der Waals surface area contributed by atoms with E-state index in [9.17, 15) is 0 Å². The third kappa shape index (κ3) is 3.87. The third-order valence-electron chi connectivity index (χ3n) is 3.45. The molecule has 0 aliphatic rings. The molecule has 0 aliphatic heterocycles. The van der Waals surface area contributed by atoms with Crippen molar-refractivity contribution >= 4 is 11.6 Å². The maximum absolute atomic E-state index is 5.95. The number of benzene rings is 1. The number of hydrogen-bond acceptors (Lipinski definition) is 2. The van der Waals surface area contributed by atoms with Crippen molar-refractivity contribution in [2.75, 3.05) is 6.54 Å². The van der Waals surface area contributed by atoms with Crippen LogP contribution in [0.15, 0.2) is 34.7 Å². The Balaban J connectivity index is 2.19. The van der Waals surface area contributed by atoms with E-state index in [-0.39, 0.29) is 6.04 Å². The molecule has 0 amide bonds. The van der Waals surface area contributed by atoms with E-state index in [1.54, 1.807) is 0 Å². The summed E-state index contributed by atoms with van der Waals surface area (Å²) in [4.78, 5) is 0. The van der Waals surface area contributed by atoms with Crippen LogP contribution in [0.4, 0.5) is 0 Å². The van der Waals surface area contributed by atoms with Gasteiger partial charge in [0.15, 0.2) is 0 Å². The zero-order valence-electron chi connectivity index (χ0n) is 12.4. The molecule has 0 aliphatic carbocycles. The fourth-order valence-electron chi connectivity index (χ4n) is 2.46. The Morgan fingerprint density at radius 3 is 2.45 bits per heavy atom. The van der Waals surface area contributed by atoms with Gasteiger partial charge < -0.3 is 9.73 Å². The lowest BCUT2D eigenvalue weighted by Gasteiger charge is -2.18. The van der Waals surface area contributed by atoms with Gasteiger partial charge in [-0.2, -0.15) is 0 Å². The van der Waals surface area contributed by atoms with Crippen molar-refractivity contribution in [2.24, 2.45) is 0 Å². The monoisotopic (exact) mass is 291 g/mol. The van der Waals surface area contributed by atoms with Gasteiger partial charge >= 0.3 is 0 Å². The molecule has 2 nitrogen and oxygen atoms in total. The SMILES string of the molecule is CCCNC(Cc1ccc(Cl)cc1)c1cc(C)oc1C. The Kier molecular flexibility index (Phi) is 5.27. The summed E-state index contributed by atoms with van der Waals surface area (Å²) >= 11 is 5.95. The molecule has 1 aromatic carbocycles. The zero-order chi connectivity index (χ0) is 14.5. The van der Waals surface area contributed by atoms with Gasteiger partial charge in [-0.05, 0) is 57.0 Å². The molecule has 108 valence electrons. The van der Waals surface area contributed by atoms with E-state index < -0.39 is 0 Å². The average molecular weight is 292 g/mol. The number of aryl methyl sites for hydroxylation is 2. The van der Waals surface area contributed by atoms with Crippen LogP contribution in [-0.4, -0.2) is 6.54 Å². The molecule has 0 radical (unpaired) electrons. The first-order valence-corrected chi connectivity index (χ1v) is 7.52. The van der Waals surface area contributed by atoms with E-state index in [0.29, 0.717) is 0 Å². The summed E-state index contributed by atoms with van der Waals surface area (Å²) in [6, 6.07) is 10.5. The van der Waals surface area contributed by atoms with Crippen LogP contribution in [0.1, 0.15) is 42.0 Å². The highest BCUT2D eigenvalue weighted by atomic mass is 35.5. The molecule has 0 saturated carbocycles. The summed E-state index contributed by atoms with van der Waals surface area (Å²) in [7, 11) is 0. The van der Waals surface area contributed by atoms with Gasteiger partial charge in [-0.1, -0.05) is 30.7 Å². The normalized spacial score (nSPS) is 12.6. The Labute approximate surface area is 126 Å². The van der Waals surface area contributed by atoms with Crippen molar-refractivity contribution in [3.63, 3.8) is 0 Å². The molecule has 2 rings (SSSR count). The number of furan rings is 1. The third-order valence-corrected chi connectivity index (χ3v) is 3.70. The topological polar surface area (TPSA) is 25.2 Å². The van der Waals surface area contributed by atoms with E-state index in [1.807, 2.05) is 26.0 Å². The van der Waals surface area contributed by atoms with E-state index in [4.69, 9.17) is 16.0 Å². The van der Waals surface area contributed by atoms with Crippen LogP contribution in [0.25, 0.3) is 0 Å². The van der Waals surface area contributed by atoms with Crippen molar-refractivity contribution < 1.29 is 4.42 Å². The minimum absolute atomic E-state index is 0.286. The molecular formula is C17H22ClNO. The van der Waals surface area contributed by atoms with Crippen LogP contribution in [0.5, 0.6) is 0 Å². The van der Waals surface area contributed by atoms with Crippen molar-refractivity contribution in [1.82, 2.24) is 5.32 Å². The summed E-state index contributed by atoms with van der Waals surface area (Å²) in [5.41, 5.74) is 2.53. The van der Waals surface area contributed by atoms with Gasteiger partial charge in [-0.25, -0.2) is 0 Å². The molecule has 1 heterocycles. The van der Waals surface area contributed by atoms with Gasteiger partial charge in [0.2, 0.25) is 0 Å². The van der Waals surface area contributed by atoms with Crippen LogP contribution in [-0.2, 0) is 6.42 Å². The molecule has 1 atom stereocenters. The summed E-state index contributed by atoms with van der Waals surface area (Å²) in [6.07, 6.45) is 2.06. The maximum Gasteiger partial charge on any atom is 0.105 e. The average Bonchev–Trinajstić information content (AvgIpc) is 2.76. The summed E-state index contributed by atoms with van der Waals surface area (Å²) < 4.78 is 5.67. The standard InChI is InChI=1S/C17H22ClNO/c1-4-9-19-17(16-10-12(2)20-13(16)3)11-14-5-7-15(18)8-6-14/h5-8,10,17,19H,4,9,11H2,1-3H3. The van der Waals surface area contributed by atoms with Crippen LogP contribution < -0.4 is 5.32 Å². The maximum atomic E-state index is 5.95.